The number of hydrogen-bond acceptors (Lipinski definition) is 9. The molecule has 0 aliphatic carbocycles. The van der Waals surface area contributed by atoms with Crippen LogP contribution >= 0.6 is 12.2 Å². The standard InChI is InChI=1S/C28H33FN6O4S/c1-38-23-16-18-21(17-24(23)39-2)32-28(40)35-26(18)31-20(27(35)37)8-9-25(36)30-10-5-11-33-12-14-34(15-13-33)22-7-4-3-6-19(22)29/h3-4,6-7,16-17,20,31H,5,8-15H2,1-2H3,(H,30,36). The second-order valence-corrected chi connectivity index (χ2v) is 10.2. The summed E-state index contributed by atoms with van der Waals surface area (Å²) in [5.74, 6) is 1.05. The number of fused-ring (bicyclic) bond motifs is 3. The molecule has 1 aromatic heterocycles. The van der Waals surface area contributed by atoms with Gasteiger partial charge in [-0.05, 0) is 49.8 Å². The number of nitrogens with one attached hydrogen (secondary N) is 2. The number of piperazine rings is 1. The minimum absolute atomic E-state index is 0.104. The number of nitrogens with zero attached hydrogens (tertiary/aromatic N) is 4. The van der Waals surface area contributed by atoms with Crippen LogP contribution in [-0.2, 0) is 4.79 Å². The van der Waals surface area contributed by atoms with Gasteiger partial charge < -0.3 is 25.0 Å². The topological polar surface area (TPSA) is 101 Å². The SMILES string of the molecule is COc1cc2nc(=S)n3c(c2cc1OC)NC(CCC(=O)NCCCN1CCN(c2ccccc2F)CC1)C3=O. The first-order chi connectivity index (χ1) is 19.4. The Morgan fingerprint density at radius 3 is 2.60 bits per heavy atom. The van der Waals surface area contributed by atoms with Gasteiger partial charge in [0.05, 0.1) is 25.4 Å². The van der Waals surface area contributed by atoms with Gasteiger partial charge in [0.1, 0.15) is 17.7 Å². The van der Waals surface area contributed by atoms with E-state index in [-0.39, 0.29) is 28.8 Å². The van der Waals surface area contributed by atoms with Crippen molar-refractivity contribution in [1.82, 2.24) is 19.8 Å². The number of methoxy groups -OCH3 is 2. The first-order valence-electron chi connectivity index (χ1n) is 13.4. The van der Waals surface area contributed by atoms with Gasteiger partial charge in [0, 0.05) is 50.6 Å². The van der Waals surface area contributed by atoms with Crippen molar-refractivity contribution in [3.05, 3.63) is 47.0 Å². The first kappa shape index (κ1) is 27.8. The molecule has 2 aliphatic heterocycles. The summed E-state index contributed by atoms with van der Waals surface area (Å²) >= 11 is 5.39. The maximum atomic E-state index is 14.0. The number of rotatable bonds is 10. The second-order valence-electron chi connectivity index (χ2n) is 9.86. The normalized spacial score (nSPS) is 17.0. The fourth-order valence-corrected chi connectivity index (χ4v) is 5.54. The quantitative estimate of drug-likeness (QED) is 0.281. The smallest absolute Gasteiger partial charge is 0.257 e. The Morgan fingerprint density at radius 2 is 1.88 bits per heavy atom. The van der Waals surface area contributed by atoms with E-state index >= 15 is 0 Å². The minimum Gasteiger partial charge on any atom is -0.493 e. The average molecular weight is 569 g/mol. The number of hydrogen-bond donors (Lipinski definition) is 2. The zero-order valence-electron chi connectivity index (χ0n) is 22.6. The minimum atomic E-state index is -0.585. The average Bonchev–Trinajstić information content (AvgIpc) is 3.31. The molecule has 212 valence electrons. The molecule has 1 unspecified atom stereocenters. The van der Waals surface area contributed by atoms with E-state index in [4.69, 9.17) is 21.7 Å². The van der Waals surface area contributed by atoms with Gasteiger partial charge in [-0.1, -0.05) is 12.1 Å². The highest BCUT2D eigenvalue weighted by molar-refractivity contribution is 7.71. The predicted octanol–water partition coefficient (Wildman–Crippen LogP) is 3.47. The number of benzene rings is 2. The Balaban J connectivity index is 1.08. The number of carbonyl (C=O) groups is 2. The van der Waals surface area contributed by atoms with Gasteiger partial charge in [-0.3, -0.25) is 14.5 Å². The number of halogens is 1. The van der Waals surface area contributed by atoms with Crippen molar-refractivity contribution in [3.8, 4) is 11.5 Å². The Labute approximate surface area is 237 Å². The van der Waals surface area contributed by atoms with Crippen LogP contribution in [0.5, 0.6) is 11.5 Å². The van der Waals surface area contributed by atoms with Gasteiger partial charge in [-0.15, -0.1) is 0 Å². The zero-order chi connectivity index (χ0) is 28.2. The molecule has 2 aromatic carbocycles. The largest absolute Gasteiger partial charge is 0.493 e. The molecule has 10 nitrogen and oxygen atoms in total. The fraction of sp³-hybridized carbons (Fsp3) is 0.429. The maximum Gasteiger partial charge on any atom is 0.257 e. The molecule has 0 bridgehead atoms. The van der Waals surface area contributed by atoms with Crippen LogP contribution in [0.1, 0.15) is 24.1 Å². The fourth-order valence-electron chi connectivity index (χ4n) is 5.26. The van der Waals surface area contributed by atoms with E-state index in [2.05, 4.69) is 25.4 Å². The summed E-state index contributed by atoms with van der Waals surface area (Å²) in [5.41, 5.74) is 1.24. The molecule has 0 saturated carbocycles. The highest BCUT2D eigenvalue weighted by Gasteiger charge is 2.32. The van der Waals surface area contributed by atoms with Crippen molar-refractivity contribution >= 4 is 46.4 Å². The van der Waals surface area contributed by atoms with Crippen molar-refractivity contribution in [2.24, 2.45) is 0 Å². The van der Waals surface area contributed by atoms with Crippen LogP contribution in [0.4, 0.5) is 15.9 Å². The van der Waals surface area contributed by atoms with Crippen molar-refractivity contribution in [1.29, 1.82) is 0 Å². The highest BCUT2D eigenvalue weighted by atomic mass is 32.1. The summed E-state index contributed by atoms with van der Waals surface area (Å²) in [4.78, 5) is 34.4. The Hall–Kier alpha value is -3.77. The van der Waals surface area contributed by atoms with E-state index in [1.165, 1.54) is 10.6 Å². The van der Waals surface area contributed by atoms with Crippen LogP contribution < -0.4 is 25.0 Å². The third-order valence-electron chi connectivity index (χ3n) is 7.42. The summed E-state index contributed by atoms with van der Waals surface area (Å²) in [6, 6.07) is 9.77. The summed E-state index contributed by atoms with van der Waals surface area (Å²) in [6.07, 6.45) is 1.35. The third-order valence-corrected chi connectivity index (χ3v) is 7.69. The molecule has 1 amide bonds. The van der Waals surface area contributed by atoms with Crippen molar-refractivity contribution in [3.63, 3.8) is 0 Å². The Kier molecular flexibility index (Phi) is 8.46. The van der Waals surface area contributed by atoms with Crippen LogP contribution in [0.3, 0.4) is 0 Å². The molecule has 0 radical (unpaired) electrons. The number of aromatic nitrogens is 2. The van der Waals surface area contributed by atoms with Crippen molar-refractivity contribution in [2.45, 2.75) is 25.3 Å². The molecule has 1 fully saturated rings. The van der Waals surface area contributed by atoms with E-state index in [9.17, 15) is 14.0 Å². The predicted molar refractivity (Wildman–Crippen MR) is 154 cm³/mol. The summed E-state index contributed by atoms with van der Waals surface area (Å²) < 4.78 is 26.3. The van der Waals surface area contributed by atoms with E-state index < -0.39 is 6.04 Å². The van der Waals surface area contributed by atoms with Crippen molar-refractivity contribution in [2.75, 3.05) is 63.7 Å². The number of anilines is 2. The van der Waals surface area contributed by atoms with E-state index in [1.54, 1.807) is 32.4 Å². The van der Waals surface area contributed by atoms with E-state index in [0.29, 0.717) is 46.9 Å². The molecule has 40 heavy (non-hydrogen) atoms. The number of ether oxygens (including phenoxy) is 2. The Bertz CT molecular complexity index is 1470. The molecule has 2 aliphatic rings. The Morgan fingerprint density at radius 1 is 1.15 bits per heavy atom. The van der Waals surface area contributed by atoms with Gasteiger partial charge in [-0.2, -0.15) is 0 Å². The molecule has 5 rings (SSSR count). The molecular weight excluding hydrogens is 535 g/mol. The van der Waals surface area contributed by atoms with Gasteiger partial charge in [0.2, 0.25) is 10.7 Å². The maximum absolute atomic E-state index is 14.0. The van der Waals surface area contributed by atoms with Gasteiger partial charge in [-0.25, -0.2) is 13.9 Å². The molecule has 12 heteroatoms. The highest BCUT2D eigenvalue weighted by Crippen LogP contribution is 2.37. The second kappa shape index (κ2) is 12.2. The number of para-hydroxylation sites is 1. The van der Waals surface area contributed by atoms with Gasteiger partial charge in [0.25, 0.3) is 5.91 Å². The zero-order valence-corrected chi connectivity index (χ0v) is 23.4. The number of carbonyl (C=O) groups excluding carboxylic acids is 2. The third kappa shape index (κ3) is 5.73. The summed E-state index contributed by atoms with van der Waals surface area (Å²) in [7, 11) is 3.08. The lowest BCUT2D eigenvalue weighted by molar-refractivity contribution is -0.121. The van der Waals surface area contributed by atoms with Crippen LogP contribution in [0, 0.1) is 10.6 Å². The summed E-state index contributed by atoms with van der Waals surface area (Å²) in [6.45, 7) is 4.66. The van der Waals surface area contributed by atoms with E-state index in [1.807, 2.05) is 12.1 Å². The molecule has 1 saturated heterocycles. The molecule has 0 spiro atoms. The van der Waals surface area contributed by atoms with Gasteiger partial charge in [0.15, 0.2) is 11.5 Å². The van der Waals surface area contributed by atoms with Gasteiger partial charge >= 0.3 is 0 Å². The lowest BCUT2D eigenvalue weighted by Crippen LogP contribution is -2.47. The molecular formula is C28H33FN6O4S. The van der Waals surface area contributed by atoms with Crippen LogP contribution in [-0.4, -0.2) is 85.8 Å². The van der Waals surface area contributed by atoms with E-state index in [0.717, 1.165) is 39.1 Å². The monoisotopic (exact) mass is 568 g/mol. The molecule has 3 aromatic rings. The lowest BCUT2D eigenvalue weighted by atomic mass is 10.1. The van der Waals surface area contributed by atoms with Crippen molar-refractivity contribution < 1.29 is 23.5 Å². The first-order valence-corrected chi connectivity index (χ1v) is 13.8. The van der Waals surface area contributed by atoms with Crippen LogP contribution in [0.25, 0.3) is 10.9 Å². The van der Waals surface area contributed by atoms with Crippen LogP contribution in [0.15, 0.2) is 36.4 Å². The molecule has 3 heterocycles. The summed E-state index contributed by atoms with van der Waals surface area (Å²) in [5, 5.41) is 6.88. The molecule has 2 N–H and O–H groups in total. The number of amides is 1. The lowest BCUT2D eigenvalue weighted by Gasteiger charge is -2.36. The molecule has 1 atom stereocenters. The van der Waals surface area contributed by atoms with Crippen LogP contribution in [0.2, 0.25) is 0 Å².